The molecule has 0 saturated carbocycles. The predicted molar refractivity (Wildman–Crippen MR) is 125 cm³/mol. The van der Waals surface area contributed by atoms with E-state index in [1.807, 2.05) is 7.05 Å². The first-order valence-electron chi connectivity index (χ1n) is 9.76. The number of hydrogen-bond acceptors (Lipinski definition) is 4. The largest absolute Gasteiger partial charge is 0.383 e. The van der Waals surface area contributed by atoms with Crippen LogP contribution >= 0.6 is 24.0 Å². The number of anilines is 1. The first-order valence-corrected chi connectivity index (χ1v) is 9.76. The Morgan fingerprint density at radius 3 is 2.52 bits per heavy atom. The number of guanidine groups is 1. The summed E-state index contributed by atoms with van der Waals surface area (Å²) in [4.78, 5) is 6.93. The standard InChI is InChI=1S/C20H35N5O.HI/c1-4-12-25-13-9-19(10-14-25)24-20(21-2)23-16-17-5-7-18(8-6-17)22-11-15-26-3;/h5-8,19,22H,4,9-16H2,1-3H3,(H2,21,23,24);1H. The molecule has 0 aromatic heterocycles. The molecule has 0 amide bonds. The summed E-state index contributed by atoms with van der Waals surface area (Å²) in [6.45, 7) is 8.13. The van der Waals surface area contributed by atoms with E-state index in [-0.39, 0.29) is 24.0 Å². The van der Waals surface area contributed by atoms with E-state index in [0.29, 0.717) is 12.6 Å². The molecule has 1 fully saturated rings. The van der Waals surface area contributed by atoms with Crippen LogP contribution in [0.3, 0.4) is 0 Å². The van der Waals surface area contributed by atoms with Crippen molar-refractivity contribution in [3.63, 3.8) is 0 Å². The van der Waals surface area contributed by atoms with E-state index < -0.39 is 0 Å². The minimum Gasteiger partial charge on any atom is -0.383 e. The van der Waals surface area contributed by atoms with Gasteiger partial charge in [-0.25, -0.2) is 0 Å². The molecular formula is C20H36IN5O. The van der Waals surface area contributed by atoms with Crippen LogP contribution < -0.4 is 16.0 Å². The van der Waals surface area contributed by atoms with E-state index in [1.165, 1.54) is 44.5 Å². The maximum absolute atomic E-state index is 5.05. The van der Waals surface area contributed by atoms with Crippen molar-refractivity contribution in [3.05, 3.63) is 29.8 Å². The Labute approximate surface area is 181 Å². The molecule has 1 aliphatic rings. The lowest BCUT2D eigenvalue weighted by Crippen LogP contribution is -2.48. The van der Waals surface area contributed by atoms with Gasteiger partial charge in [-0.05, 0) is 43.5 Å². The molecule has 1 aliphatic heterocycles. The highest BCUT2D eigenvalue weighted by atomic mass is 127. The highest BCUT2D eigenvalue weighted by Gasteiger charge is 2.19. The lowest BCUT2D eigenvalue weighted by atomic mass is 10.1. The van der Waals surface area contributed by atoms with Crippen molar-refractivity contribution in [2.45, 2.75) is 38.8 Å². The maximum Gasteiger partial charge on any atom is 0.191 e. The summed E-state index contributed by atoms with van der Waals surface area (Å²) >= 11 is 0. The Kier molecular flexibility index (Phi) is 12.4. The third-order valence-corrected chi connectivity index (χ3v) is 4.74. The van der Waals surface area contributed by atoms with Gasteiger partial charge in [0.2, 0.25) is 0 Å². The average molecular weight is 489 g/mol. The van der Waals surface area contributed by atoms with E-state index in [0.717, 1.165) is 24.7 Å². The second-order valence-corrected chi connectivity index (χ2v) is 6.80. The van der Waals surface area contributed by atoms with Gasteiger partial charge >= 0.3 is 0 Å². The summed E-state index contributed by atoms with van der Waals surface area (Å²) in [6, 6.07) is 9.00. The highest BCUT2D eigenvalue weighted by Crippen LogP contribution is 2.11. The van der Waals surface area contributed by atoms with Crippen LogP contribution in [-0.4, -0.2) is 63.8 Å². The van der Waals surface area contributed by atoms with Gasteiger partial charge in [0.05, 0.1) is 6.61 Å². The number of likely N-dealkylation sites (tertiary alicyclic amines) is 1. The molecule has 0 atom stereocenters. The summed E-state index contributed by atoms with van der Waals surface area (Å²) in [5, 5.41) is 10.3. The van der Waals surface area contributed by atoms with Crippen LogP contribution in [0.4, 0.5) is 5.69 Å². The number of nitrogens with one attached hydrogen (secondary N) is 3. The Morgan fingerprint density at radius 1 is 1.22 bits per heavy atom. The highest BCUT2D eigenvalue weighted by molar-refractivity contribution is 14.0. The molecule has 2 rings (SSSR count). The molecule has 1 aromatic rings. The Bertz CT molecular complexity index is 530. The lowest BCUT2D eigenvalue weighted by Gasteiger charge is -2.32. The van der Waals surface area contributed by atoms with Crippen LogP contribution in [0, 0.1) is 0 Å². The zero-order valence-electron chi connectivity index (χ0n) is 17.0. The molecule has 0 spiro atoms. The number of piperidine rings is 1. The van der Waals surface area contributed by atoms with Gasteiger partial charge in [0.1, 0.15) is 0 Å². The minimum absolute atomic E-state index is 0. The van der Waals surface area contributed by atoms with Gasteiger partial charge in [-0.15, -0.1) is 24.0 Å². The fourth-order valence-corrected chi connectivity index (χ4v) is 3.23. The Morgan fingerprint density at radius 2 is 1.93 bits per heavy atom. The first kappa shape index (κ1) is 24.0. The molecular weight excluding hydrogens is 453 g/mol. The van der Waals surface area contributed by atoms with Gasteiger partial charge in [-0.1, -0.05) is 19.1 Å². The molecule has 1 heterocycles. The van der Waals surface area contributed by atoms with Crippen LogP contribution in [0.5, 0.6) is 0 Å². The van der Waals surface area contributed by atoms with Crippen molar-refractivity contribution in [2.75, 3.05) is 52.3 Å². The summed E-state index contributed by atoms with van der Waals surface area (Å²) in [5.41, 5.74) is 2.36. The number of rotatable bonds is 9. The third-order valence-electron chi connectivity index (χ3n) is 4.74. The normalized spacial score (nSPS) is 15.9. The summed E-state index contributed by atoms with van der Waals surface area (Å²) in [6.07, 6.45) is 3.60. The van der Waals surface area contributed by atoms with Crippen molar-refractivity contribution in [1.29, 1.82) is 0 Å². The fraction of sp³-hybridized carbons (Fsp3) is 0.650. The number of benzene rings is 1. The maximum atomic E-state index is 5.05. The van der Waals surface area contributed by atoms with Crippen LogP contribution in [0.15, 0.2) is 29.3 Å². The summed E-state index contributed by atoms with van der Waals surface area (Å²) in [7, 11) is 3.55. The first-order chi connectivity index (χ1) is 12.7. The predicted octanol–water partition coefficient (Wildman–Crippen LogP) is 2.90. The van der Waals surface area contributed by atoms with E-state index >= 15 is 0 Å². The van der Waals surface area contributed by atoms with Crippen molar-refractivity contribution in [1.82, 2.24) is 15.5 Å². The smallest absolute Gasteiger partial charge is 0.191 e. The molecule has 0 aliphatic carbocycles. The molecule has 1 aromatic carbocycles. The van der Waals surface area contributed by atoms with Gasteiger partial charge in [0, 0.05) is 52.1 Å². The summed E-state index contributed by atoms with van der Waals surface area (Å²) in [5.74, 6) is 0.890. The molecule has 0 radical (unpaired) electrons. The zero-order valence-corrected chi connectivity index (χ0v) is 19.3. The van der Waals surface area contributed by atoms with Crippen LogP contribution in [0.25, 0.3) is 0 Å². The topological polar surface area (TPSA) is 60.9 Å². The molecule has 6 nitrogen and oxygen atoms in total. The van der Waals surface area contributed by atoms with Gasteiger partial charge < -0.3 is 25.6 Å². The third kappa shape index (κ3) is 9.12. The van der Waals surface area contributed by atoms with E-state index in [1.54, 1.807) is 7.11 Å². The number of methoxy groups -OCH3 is 1. The minimum atomic E-state index is 0. The van der Waals surface area contributed by atoms with Crippen LogP contribution in [0.1, 0.15) is 31.7 Å². The van der Waals surface area contributed by atoms with Crippen molar-refractivity contribution in [3.8, 4) is 0 Å². The second kappa shape index (κ2) is 14.0. The number of aliphatic imine (C=N–C) groups is 1. The fourth-order valence-electron chi connectivity index (χ4n) is 3.23. The molecule has 27 heavy (non-hydrogen) atoms. The van der Waals surface area contributed by atoms with Gasteiger partial charge in [-0.2, -0.15) is 0 Å². The van der Waals surface area contributed by atoms with Crippen LogP contribution in [-0.2, 0) is 11.3 Å². The molecule has 7 heteroatoms. The second-order valence-electron chi connectivity index (χ2n) is 6.80. The molecule has 1 saturated heterocycles. The lowest BCUT2D eigenvalue weighted by molar-refractivity contribution is 0.206. The van der Waals surface area contributed by atoms with E-state index in [4.69, 9.17) is 4.74 Å². The molecule has 0 bridgehead atoms. The quantitative estimate of drug-likeness (QED) is 0.216. The average Bonchev–Trinajstić information content (AvgIpc) is 2.68. The molecule has 3 N–H and O–H groups in total. The summed E-state index contributed by atoms with van der Waals surface area (Å²) < 4.78 is 5.05. The molecule has 154 valence electrons. The monoisotopic (exact) mass is 489 g/mol. The van der Waals surface area contributed by atoms with Gasteiger partial charge in [0.15, 0.2) is 5.96 Å². The van der Waals surface area contributed by atoms with E-state index in [2.05, 4.69) is 57.0 Å². The SMILES string of the molecule is CCCN1CCC(NC(=NC)NCc2ccc(NCCOC)cc2)CC1.I. The Hall–Kier alpha value is -1.06. The zero-order chi connectivity index (χ0) is 18.6. The van der Waals surface area contributed by atoms with E-state index in [9.17, 15) is 0 Å². The number of hydrogen-bond donors (Lipinski definition) is 3. The van der Waals surface area contributed by atoms with Gasteiger partial charge in [0.25, 0.3) is 0 Å². The van der Waals surface area contributed by atoms with Gasteiger partial charge in [-0.3, -0.25) is 4.99 Å². The molecule has 0 unspecified atom stereocenters. The number of ether oxygens (including phenoxy) is 1. The number of halogens is 1. The van der Waals surface area contributed by atoms with Crippen molar-refractivity contribution >= 4 is 35.6 Å². The van der Waals surface area contributed by atoms with Crippen LogP contribution in [0.2, 0.25) is 0 Å². The van der Waals surface area contributed by atoms with Crippen molar-refractivity contribution < 1.29 is 4.74 Å². The Balaban J connectivity index is 0.00000364. The number of nitrogens with zero attached hydrogens (tertiary/aromatic N) is 2. The van der Waals surface area contributed by atoms with Crippen molar-refractivity contribution in [2.24, 2.45) is 4.99 Å².